The van der Waals surface area contributed by atoms with Gasteiger partial charge in [-0.2, -0.15) is 0 Å². The molecule has 0 atom stereocenters. The number of benzene rings is 3. The summed E-state index contributed by atoms with van der Waals surface area (Å²) in [6.07, 6.45) is 1.75. The number of rotatable bonds is 6. The Labute approximate surface area is 197 Å². The van der Waals surface area contributed by atoms with Gasteiger partial charge in [0.05, 0.1) is 11.0 Å². The van der Waals surface area contributed by atoms with Crippen molar-refractivity contribution in [2.24, 2.45) is 0 Å². The molecule has 5 rings (SSSR count). The lowest BCUT2D eigenvalue weighted by Crippen LogP contribution is -2.12. The number of hydrogen-bond acceptors (Lipinski definition) is 6. The summed E-state index contributed by atoms with van der Waals surface area (Å²) < 4.78 is 18.5. The zero-order valence-electron chi connectivity index (χ0n) is 17.4. The van der Waals surface area contributed by atoms with Gasteiger partial charge in [-0.3, -0.25) is 9.36 Å². The van der Waals surface area contributed by atoms with E-state index < -0.39 is 0 Å². The molecule has 0 fully saturated rings. The van der Waals surface area contributed by atoms with Crippen molar-refractivity contribution in [1.82, 2.24) is 14.5 Å². The first-order valence-electron chi connectivity index (χ1n) is 10.1. The van der Waals surface area contributed by atoms with Crippen molar-refractivity contribution in [2.75, 3.05) is 10.0 Å². The van der Waals surface area contributed by atoms with E-state index in [4.69, 9.17) is 0 Å². The number of nitrogens with one attached hydrogen (secondary N) is 2. The molecule has 164 valence electrons. The molecule has 0 aliphatic carbocycles. The number of aromatic nitrogens is 3. The van der Waals surface area contributed by atoms with Gasteiger partial charge in [0.15, 0.2) is 5.13 Å². The van der Waals surface area contributed by atoms with Crippen molar-refractivity contribution >= 4 is 51.0 Å². The van der Waals surface area contributed by atoms with E-state index in [9.17, 15) is 9.18 Å². The number of amides is 1. The molecule has 1 amide bonds. The second kappa shape index (κ2) is 9.05. The first-order valence-corrected chi connectivity index (χ1v) is 11.8. The highest BCUT2D eigenvalue weighted by Crippen LogP contribution is 2.25. The van der Waals surface area contributed by atoms with E-state index in [1.807, 2.05) is 47.2 Å². The first-order chi connectivity index (χ1) is 16.1. The summed E-state index contributed by atoms with van der Waals surface area (Å²) in [5.41, 5.74) is 3.54. The van der Waals surface area contributed by atoms with Crippen LogP contribution < -0.4 is 10.0 Å². The summed E-state index contributed by atoms with van der Waals surface area (Å²) in [7, 11) is 0. The van der Waals surface area contributed by atoms with E-state index in [-0.39, 0.29) is 11.7 Å². The molecule has 5 aromatic rings. The van der Waals surface area contributed by atoms with Gasteiger partial charge in [-0.15, -0.1) is 11.3 Å². The Balaban J connectivity index is 1.34. The molecule has 0 radical (unpaired) electrons. The summed E-state index contributed by atoms with van der Waals surface area (Å²) in [6, 6.07) is 19.1. The summed E-state index contributed by atoms with van der Waals surface area (Å²) >= 11 is 2.99. The average Bonchev–Trinajstić information content (AvgIpc) is 3.46. The van der Waals surface area contributed by atoms with Crippen molar-refractivity contribution in [3.05, 3.63) is 95.5 Å². The summed E-state index contributed by atoms with van der Waals surface area (Å²) in [4.78, 5) is 22.7. The Morgan fingerprint density at radius 3 is 2.58 bits per heavy atom. The van der Waals surface area contributed by atoms with Crippen molar-refractivity contribution in [3.8, 4) is 5.69 Å². The van der Waals surface area contributed by atoms with Crippen molar-refractivity contribution in [3.63, 3.8) is 0 Å². The molecule has 0 aliphatic rings. The Morgan fingerprint density at radius 1 is 1.06 bits per heavy atom. The van der Waals surface area contributed by atoms with Crippen molar-refractivity contribution in [1.29, 1.82) is 0 Å². The monoisotopic (exact) mass is 475 g/mol. The standard InChI is InChI=1S/C24H18FN5OS2/c1-15-27-21-11-2-16(14-22(21)30(15)19-7-3-17(25)4-8-19)23(31)28-18-5-9-20(10-6-18)33-29-24-26-12-13-32-24/h2-14H,1H3,(H,26,29)(H,28,31). The van der Waals surface area contributed by atoms with E-state index in [2.05, 4.69) is 20.0 Å². The zero-order valence-corrected chi connectivity index (χ0v) is 19.1. The van der Waals surface area contributed by atoms with Crippen LogP contribution in [0.3, 0.4) is 0 Å². The lowest BCUT2D eigenvalue weighted by Gasteiger charge is -2.09. The first kappa shape index (κ1) is 21.2. The molecule has 9 heteroatoms. The van der Waals surface area contributed by atoms with E-state index in [1.54, 1.807) is 30.5 Å². The molecule has 2 heterocycles. The third-order valence-electron chi connectivity index (χ3n) is 4.97. The summed E-state index contributed by atoms with van der Waals surface area (Å²) in [6.45, 7) is 1.88. The number of nitrogens with zero attached hydrogens (tertiary/aromatic N) is 3. The normalized spacial score (nSPS) is 11.0. The van der Waals surface area contributed by atoms with Crippen LogP contribution in [0.25, 0.3) is 16.7 Å². The van der Waals surface area contributed by atoms with Gasteiger partial charge in [-0.05, 0) is 85.6 Å². The molecule has 6 nitrogen and oxygen atoms in total. The Kier molecular flexibility index (Phi) is 5.80. The predicted octanol–water partition coefficient (Wildman–Crippen LogP) is 6.30. The Morgan fingerprint density at radius 2 is 1.85 bits per heavy atom. The second-order valence-corrected chi connectivity index (χ2v) is 8.97. The van der Waals surface area contributed by atoms with Gasteiger partial charge in [0, 0.05) is 33.4 Å². The van der Waals surface area contributed by atoms with Gasteiger partial charge < -0.3 is 10.0 Å². The topological polar surface area (TPSA) is 71.8 Å². The van der Waals surface area contributed by atoms with E-state index >= 15 is 0 Å². The predicted molar refractivity (Wildman–Crippen MR) is 132 cm³/mol. The highest BCUT2D eigenvalue weighted by molar-refractivity contribution is 8.00. The number of halogens is 1. The van der Waals surface area contributed by atoms with Crippen LogP contribution in [0, 0.1) is 12.7 Å². The summed E-state index contributed by atoms with van der Waals surface area (Å²) in [5.74, 6) is 0.237. The number of carbonyl (C=O) groups excluding carboxylic acids is 1. The van der Waals surface area contributed by atoms with Gasteiger partial charge in [-0.25, -0.2) is 14.4 Å². The highest BCUT2D eigenvalue weighted by atomic mass is 32.2. The lowest BCUT2D eigenvalue weighted by atomic mass is 10.1. The molecule has 2 aromatic heterocycles. The molecule has 33 heavy (non-hydrogen) atoms. The van der Waals surface area contributed by atoms with Crippen molar-refractivity contribution in [2.45, 2.75) is 11.8 Å². The molecule has 0 bridgehead atoms. The lowest BCUT2D eigenvalue weighted by molar-refractivity contribution is 0.102. The highest BCUT2D eigenvalue weighted by Gasteiger charge is 2.13. The number of fused-ring (bicyclic) bond motifs is 1. The number of hydrogen-bond donors (Lipinski definition) is 2. The second-order valence-electron chi connectivity index (χ2n) is 7.19. The molecule has 2 N–H and O–H groups in total. The number of anilines is 2. The van der Waals surface area contributed by atoms with Gasteiger partial charge in [0.1, 0.15) is 11.6 Å². The smallest absolute Gasteiger partial charge is 0.255 e. The summed E-state index contributed by atoms with van der Waals surface area (Å²) in [5, 5.41) is 5.68. The Bertz CT molecular complexity index is 1410. The van der Waals surface area contributed by atoms with Gasteiger partial charge >= 0.3 is 0 Å². The maximum atomic E-state index is 13.4. The maximum Gasteiger partial charge on any atom is 0.255 e. The third kappa shape index (κ3) is 4.59. The maximum absolute atomic E-state index is 13.4. The van der Waals surface area contributed by atoms with Crippen molar-refractivity contribution < 1.29 is 9.18 Å². The SMILES string of the molecule is Cc1nc2ccc(C(=O)Nc3ccc(SNc4nccs4)cc3)cc2n1-c1ccc(F)cc1. The zero-order chi connectivity index (χ0) is 22.8. The molecule has 0 saturated heterocycles. The Hall–Kier alpha value is -3.69. The molecule has 0 saturated carbocycles. The van der Waals surface area contributed by atoms with Crippen LogP contribution in [0.2, 0.25) is 0 Å². The molecular formula is C24H18FN5OS2. The molecular weight excluding hydrogens is 457 g/mol. The van der Waals surface area contributed by atoms with Gasteiger partial charge in [-0.1, -0.05) is 0 Å². The van der Waals surface area contributed by atoms with Crippen LogP contribution in [-0.4, -0.2) is 20.4 Å². The van der Waals surface area contributed by atoms with Crippen LogP contribution in [0.15, 0.2) is 83.2 Å². The molecule has 0 aliphatic heterocycles. The van der Waals surface area contributed by atoms with Gasteiger partial charge in [0.2, 0.25) is 0 Å². The van der Waals surface area contributed by atoms with Crippen LogP contribution in [0.5, 0.6) is 0 Å². The van der Waals surface area contributed by atoms with E-state index in [0.29, 0.717) is 11.3 Å². The van der Waals surface area contributed by atoms with Crippen LogP contribution in [0.1, 0.15) is 16.2 Å². The fraction of sp³-hybridized carbons (Fsp3) is 0.0417. The van der Waals surface area contributed by atoms with Crippen LogP contribution in [-0.2, 0) is 0 Å². The largest absolute Gasteiger partial charge is 0.322 e. The number of aryl methyl sites for hydroxylation is 1. The van der Waals surface area contributed by atoms with Crippen LogP contribution in [0.4, 0.5) is 15.2 Å². The average molecular weight is 476 g/mol. The fourth-order valence-corrected chi connectivity index (χ4v) is 4.66. The van der Waals surface area contributed by atoms with E-state index in [1.165, 1.54) is 35.4 Å². The fourth-order valence-electron chi connectivity index (χ4n) is 3.44. The quantitative estimate of drug-likeness (QED) is 0.282. The number of thiazole rings is 1. The molecule has 0 unspecified atom stereocenters. The van der Waals surface area contributed by atoms with Crippen LogP contribution >= 0.6 is 23.3 Å². The molecule has 0 spiro atoms. The van der Waals surface area contributed by atoms with E-state index in [0.717, 1.165) is 32.6 Å². The third-order valence-corrected chi connectivity index (χ3v) is 6.59. The van der Waals surface area contributed by atoms with Gasteiger partial charge in [0.25, 0.3) is 5.91 Å². The number of carbonyl (C=O) groups is 1. The number of imidazole rings is 1. The minimum atomic E-state index is -0.302. The molecule has 3 aromatic carbocycles. The minimum absolute atomic E-state index is 0.220. The minimum Gasteiger partial charge on any atom is -0.322 e.